The fraction of sp³-hybridized carbons (Fsp3) is 0.250. The largest absolute Gasteiger partial charge is 0.382 e. The summed E-state index contributed by atoms with van der Waals surface area (Å²) in [6.45, 7) is 2.08. The molecule has 0 aliphatic heterocycles. The van der Waals surface area contributed by atoms with Crippen molar-refractivity contribution in [2.45, 2.75) is 6.92 Å². The van der Waals surface area contributed by atoms with Crippen LogP contribution in [-0.2, 0) is 0 Å². The van der Waals surface area contributed by atoms with Crippen molar-refractivity contribution >= 4 is 11.5 Å². The van der Waals surface area contributed by atoms with Crippen LogP contribution < -0.4 is 10.6 Å². The molecular weight excluding hydrogens is 200 g/mol. The van der Waals surface area contributed by atoms with Gasteiger partial charge in [0.25, 0.3) is 0 Å². The van der Waals surface area contributed by atoms with E-state index in [1.54, 1.807) is 0 Å². The van der Waals surface area contributed by atoms with Crippen LogP contribution in [0.5, 0.6) is 0 Å². The Morgan fingerprint density at radius 1 is 1.31 bits per heavy atom. The van der Waals surface area contributed by atoms with E-state index in [1.165, 1.54) is 5.56 Å². The summed E-state index contributed by atoms with van der Waals surface area (Å²) in [4.78, 5) is 2.08. The first-order valence-electron chi connectivity index (χ1n) is 5.18. The average Bonchev–Trinajstić information content (AvgIpc) is 2.64. The highest BCUT2D eigenvalue weighted by molar-refractivity contribution is 5.79. The summed E-state index contributed by atoms with van der Waals surface area (Å²) >= 11 is 0. The molecule has 0 amide bonds. The lowest BCUT2D eigenvalue weighted by Gasteiger charge is -2.18. The van der Waals surface area contributed by atoms with Gasteiger partial charge >= 0.3 is 0 Å². The van der Waals surface area contributed by atoms with E-state index in [2.05, 4.69) is 34.2 Å². The van der Waals surface area contributed by atoms with Crippen LogP contribution in [0.4, 0.5) is 11.5 Å². The third-order valence-electron chi connectivity index (χ3n) is 2.60. The highest BCUT2D eigenvalue weighted by Crippen LogP contribution is 2.32. The van der Waals surface area contributed by atoms with Gasteiger partial charge in [0, 0.05) is 31.4 Å². The second kappa shape index (κ2) is 3.89. The third kappa shape index (κ3) is 1.74. The summed E-state index contributed by atoms with van der Waals surface area (Å²) < 4.78 is 0. The molecule has 4 heteroatoms. The van der Waals surface area contributed by atoms with E-state index in [9.17, 15) is 0 Å². The van der Waals surface area contributed by atoms with E-state index >= 15 is 0 Å². The van der Waals surface area contributed by atoms with Gasteiger partial charge in [0.15, 0.2) is 0 Å². The molecule has 0 unspecified atom stereocenters. The number of benzene rings is 1. The third-order valence-corrected chi connectivity index (χ3v) is 2.60. The molecule has 0 aliphatic rings. The molecule has 0 aliphatic carbocycles. The molecule has 0 atom stereocenters. The van der Waals surface area contributed by atoms with Crippen molar-refractivity contribution in [3.63, 3.8) is 0 Å². The van der Waals surface area contributed by atoms with Gasteiger partial charge in [-0.3, -0.25) is 5.10 Å². The minimum absolute atomic E-state index is 0.517. The monoisotopic (exact) mass is 216 g/mol. The Bertz CT molecular complexity index is 499. The Morgan fingerprint density at radius 3 is 2.62 bits per heavy atom. The first-order chi connectivity index (χ1) is 7.59. The van der Waals surface area contributed by atoms with Crippen LogP contribution in [0.25, 0.3) is 11.3 Å². The van der Waals surface area contributed by atoms with Gasteiger partial charge in [-0.05, 0) is 18.6 Å². The molecule has 1 aromatic carbocycles. The number of nitrogen functional groups attached to an aromatic ring is 1. The zero-order valence-corrected chi connectivity index (χ0v) is 9.78. The van der Waals surface area contributed by atoms with Crippen LogP contribution in [0, 0.1) is 6.92 Å². The lowest BCUT2D eigenvalue weighted by atomic mass is 10.0. The SMILES string of the molecule is Cc1cccc(N(C)C)c1-c1cc(N)n[nH]1. The van der Waals surface area contributed by atoms with Crippen molar-refractivity contribution in [1.82, 2.24) is 10.2 Å². The summed E-state index contributed by atoms with van der Waals surface area (Å²) in [5, 5.41) is 6.92. The van der Waals surface area contributed by atoms with Crippen LogP contribution in [0.1, 0.15) is 5.56 Å². The first-order valence-corrected chi connectivity index (χ1v) is 5.18. The molecule has 16 heavy (non-hydrogen) atoms. The Hall–Kier alpha value is -1.97. The Labute approximate surface area is 95.1 Å². The highest BCUT2D eigenvalue weighted by Gasteiger charge is 2.11. The van der Waals surface area contributed by atoms with Crippen LogP contribution >= 0.6 is 0 Å². The molecule has 0 spiro atoms. The zero-order chi connectivity index (χ0) is 11.7. The van der Waals surface area contributed by atoms with Crippen molar-refractivity contribution in [3.8, 4) is 11.3 Å². The van der Waals surface area contributed by atoms with Gasteiger partial charge in [-0.15, -0.1) is 0 Å². The average molecular weight is 216 g/mol. The van der Waals surface area contributed by atoms with Crippen LogP contribution in [0.3, 0.4) is 0 Å². The molecule has 4 nitrogen and oxygen atoms in total. The van der Waals surface area contributed by atoms with E-state index < -0.39 is 0 Å². The van der Waals surface area contributed by atoms with Crippen LogP contribution in [-0.4, -0.2) is 24.3 Å². The molecule has 0 fully saturated rings. The predicted molar refractivity (Wildman–Crippen MR) is 67.5 cm³/mol. The Balaban J connectivity index is 2.62. The summed E-state index contributed by atoms with van der Waals surface area (Å²) in [6, 6.07) is 8.07. The molecule has 0 saturated carbocycles. The number of hydrogen-bond acceptors (Lipinski definition) is 3. The highest BCUT2D eigenvalue weighted by atomic mass is 15.2. The summed E-state index contributed by atoms with van der Waals surface area (Å²) in [5.41, 5.74) is 10.1. The summed E-state index contributed by atoms with van der Waals surface area (Å²) in [6.07, 6.45) is 0. The molecule has 84 valence electrons. The molecule has 0 bridgehead atoms. The van der Waals surface area contributed by atoms with Gasteiger partial charge in [0.05, 0.1) is 5.69 Å². The lowest BCUT2D eigenvalue weighted by molar-refractivity contribution is 1.09. The number of H-pyrrole nitrogens is 1. The topological polar surface area (TPSA) is 57.9 Å². The maximum Gasteiger partial charge on any atom is 0.145 e. The van der Waals surface area contributed by atoms with Gasteiger partial charge in [0.1, 0.15) is 5.82 Å². The molecule has 0 radical (unpaired) electrons. The molecule has 1 aromatic heterocycles. The van der Waals surface area contributed by atoms with Gasteiger partial charge in [0.2, 0.25) is 0 Å². The Kier molecular flexibility index (Phi) is 2.56. The number of nitrogens with zero attached hydrogens (tertiary/aromatic N) is 2. The lowest BCUT2D eigenvalue weighted by Crippen LogP contribution is -2.10. The maximum atomic E-state index is 5.64. The number of aromatic nitrogens is 2. The predicted octanol–water partition coefficient (Wildman–Crippen LogP) is 2.03. The van der Waals surface area contributed by atoms with E-state index in [0.29, 0.717) is 5.82 Å². The van der Waals surface area contributed by atoms with Crippen LogP contribution in [0.2, 0.25) is 0 Å². The maximum absolute atomic E-state index is 5.64. The minimum Gasteiger partial charge on any atom is -0.382 e. The number of rotatable bonds is 2. The quantitative estimate of drug-likeness (QED) is 0.807. The molecule has 3 N–H and O–H groups in total. The second-order valence-corrected chi connectivity index (χ2v) is 4.07. The number of aryl methyl sites for hydroxylation is 1. The molecule has 0 saturated heterocycles. The second-order valence-electron chi connectivity index (χ2n) is 4.07. The van der Waals surface area contributed by atoms with E-state index in [0.717, 1.165) is 16.9 Å². The number of hydrogen-bond donors (Lipinski definition) is 2. The van der Waals surface area contributed by atoms with Crippen molar-refractivity contribution in [1.29, 1.82) is 0 Å². The van der Waals surface area contributed by atoms with Crippen LogP contribution in [0.15, 0.2) is 24.3 Å². The number of aromatic amines is 1. The summed E-state index contributed by atoms with van der Waals surface area (Å²) in [5.74, 6) is 0.517. The fourth-order valence-corrected chi connectivity index (χ4v) is 1.84. The van der Waals surface area contributed by atoms with E-state index in [1.807, 2.05) is 26.2 Å². The van der Waals surface area contributed by atoms with Crippen molar-refractivity contribution in [2.75, 3.05) is 24.7 Å². The van der Waals surface area contributed by atoms with Gasteiger partial charge in [-0.2, -0.15) is 5.10 Å². The van der Waals surface area contributed by atoms with Crippen molar-refractivity contribution < 1.29 is 0 Å². The van der Waals surface area contributed by atoms with Gasteiger partial charge < -0.3 is 10.6 Å². The van der Waals surface area contributed by atoms with E-state index in [-0.39, 0.29) is 0 Å². The molecular formula is C12H16N4. The number of nitrogens with one attached hydrogen (secondary N) is 1. The molecule has 2 rings (SSSR count). The van der Waals surface area contributed by atoms with Crippen molar-refractivity contribution in [2.24, 2.45) is 0 Å². The number of nitrogens with two attached hydrogens (primary N) is 1. The number of anilines is 2. The molecule has 2 aromatic rings. The first kappa shape index (κ1) is 10.5. The van der Waals surface area contributed by atoms with Gasteiger partial charge in [-0.1, -0.05) is 12.1 Å². The normalized spacial score (nSPS) is 10.4. The van der Waals surface area contributed by atoms with Gasteiger partial charge in [-0.25, -0.2) is 0 Å². The zero-order valence-electron chi connectivity index (χ0n) is 9.78. The minimum atomic E-state index is 0.517. The summed E-state index contributed by atoms with van der Waals surface area (Å²) in [7, 11) is 4.05. The molecule has 1 heterocycles. The smallest absolute Gasteiger partial charge is 0.145 e. The Morgan fingerprint density at radius 2 is 2.06 bits per heavy atom. The standard InChI is InChI=1S/C12H16N4/c1-8-5-4-6-10(16(2)3)12(8)9-7-11(13)15-14-9/h4-7H,1-3H3,(H3,13,14,15). The fourth-order valence-electron chi connectivity index (χ4n) is 1.84. The van der Waals surface area contributed by atoms with E-state index in [4.69, 9.17) is 5.73 Å². The van der Waals surface area contributed by atoms with Crippen molar-refractivity contribution in [3.05, 3.63) is 29.8 Å².